The Morgan fingerprint density at radius 2 is 1.93 bits per heavy atom. The van der Waals surface area contributed by atoms with Gasteiger partial charge in [-0.1, -0.05) is 25.8 Å². The third-order valence-electron chi connectivity index (χ3n) is 2.08. The van der Waals surface area contributed by atoms with Crippen molar-refractivity contribution in [3.8, 4) is 0 Å². The number of ether oxygens (including phenoxy) is 1. The van der Waals surface area contributed by atoms with Crippen LogP contribution in [-0.2, 0) is 9.53 Å². The third kappa shape index (κ3) is 11.3. The quantitative estimate of drug-likeness (QED) is 0.211. The van der Waals surface area contributed by atoms with Crippen LogP contribution in [0, 0.1) is 0 Å². The van der Waals surface area contributed by atoms with E-state index in [0.717, 1.165) is 37.8 Å². The van der Waals surface area contributed by atoms with Crippen LogP contribution in [0.1, 0.15) is 25.7 Å². The molecule has 0 aromatic rings. The lowest BCUT2D eigenvalue weighted by Crippen LogP contribution is -2.16. The highest BCUT2D eigenvalue weighted by atomic mass is 28.4. The largest absolute Gasteiger partial charge is 0.463 e. The molecule has 0 aromatic carbocycles. The molecule has 0 unspecified atom stereocenters. The number of halogens is 1. The topological polar surface area (TPSA) is 26.3 Å². The second-order valence-electron chi connectivity index (χ2n) is 4.25. The summed E-state index contributed by atoms with van der Waals surface area (Å²) in [6, 6.07) is 0.736. The van der Waals surface area contributed by atoms with E-state index in [1.54, 1.807) is 13.1 Å². The Bertz CT molecular complexity index is 199. The second-order valence-corrected chi connectivity index (χ2v) is 8.19. The molecule has 0 atom stereocenters. The molecule has 0 rings (SSSR count). The lowest BCUT2D eigenvalue weighted by Gasteiger charge is -2.09. The van der Waals surface area contributed by atoms with Crippen LogP contribution in [0.3, 0.4) is 0 Å². The lowest BCUT2D eigenvalue weighted by atomic mass is 10.2. The van der Waals surface area contributed by atoms with Crippen molar-refractivity contribution in [1.29, 1.82) is 0 Å². The summed E-state index contributed by atoms with van der Waals surface area (Å²) in [6.45, 7) is 7.22. The highest BCUT2D eigenvalue weighted by Crippen LogP contribution is 2.15. The van der Waals surface area contributed by atoms with Gasteiger partial charge in [0.05, 0.1) is 6.61 Å². The smallest absolute Gasteiger partial charge is 0.330 e. The predicted molar refractivity (Wildman–Crippen MR) is 63.0 cm³/mol. The van der Waals surface area contributed by atoms with Crippen molar-refractivity contribution in [2.75, 3.05) is 6.61 Å². The van der Waals surface area contributed by atoms with Gasteiger partial charge in [-0.25, -0.2) is 4.79 Å². The van der Waals surface area contributed by atoms with E-state index in [1.165, 1.54) is 0 Å². The first-order chi connectivity index (χ1) is 6.95. The van der Waals surface area contributed by atoms with Crippen LogP contribution in [-0.4, -0.2) is 21.0 Å². The molecular weight excluding hydrogens is 211 g/mol. The summed E-state index contributed by atoms with van der Waals surface area (Å²) < 4.78 is 18.0. The fourth-order valence-corrected chi connectivity index (χ4v) is 2.32. The van der Waals surface area contributed by atoms with Gasteiger partial charge >= 0.3 is 5.97 Å². The summed E-state index contributed by atoms with van der Waals surface area (Å²) in [4.78, 5) is 10.6. The molecule has 0 aliphatic heterocycles. The summed E-state index contributed by atoms with van der Waals surface area (Å²) in [7, 11) is -2.35. The minimum atomic E-state index is -2.35. The molecule has 0 radical (unpaired) electrons. The summed E-state index contributed by atoms with van der Waals surface area (Å²) in [5.41, 5.74) is 0. The molecule has 0 aliphatic rings. The zero-order chi connectivity index (χ0) is 11.7. The number of hydrogen-bond acceptors (Lipinski definition) is 2. The maximum atomic E-state index is 13.2. The van der Waals surface area contributed by atoms with E-state index >= 15 is 0 Å². The molecule has 0 amide bonds. The standard InChI is InChI=1S/C11H21FO2Si/c1-4-11(13)14-9-7-5-6-8-10-15(2,3)12/h4H,1,5-10H2,2-3H3. The summed E-state index contributed by atoms with van der Waals surface area (Å²) in [5.74, 6) is -0.368. The Morgan fingerprint density at radius 1 is 1.33 bits per heavy atom. The van der Waals surface area contributed by atoms with Gasteiger partial charge in [0.25, 0.3) is 0 Å². The highest BCUT2D eigenvalue weighted by Gasteiger charge is 2.18. The molecule has 0 aromatic heterocycles. The minimum Gasteiger partial charge on any atom is -0.463 e. The molecule has 0 spiro atoms. The number of unbranched alkanes of at least 4 members (excludes halogenated alkanes) is 3. The van der Waals surface area contributed by atoms with Gasteiger partial charge < -0.3 is 8.84 Å². The Morgan fingerprint density at radius 3 is 2.47 bits per heavy atom. The van der Waals surface area contributed by atoms with Gasteiger partial charge in [0.2, 0.25) is 8.41 Å². The number of hydrogen-bond donors (Lipinski definition) is 0. The van der Waals surface area contributed by atoms with E-state index in [2.05, 4.69) is 6.58 Å². The van der Waals surface area contributed by atoms with Crippen molar-refractivity contribution >= 4 is 14.4 Å². The zero-order valence-electron chi connectivity index (χ0n) is 9.72. The molecule has 15 heavy (non-hydrogen) atoms. The van der Waals surface area contributed by atoms with E-state index in [1.807, 2.05) is 0 Å². The summed E-state index contributed by atoms with van der Waals surface area (Å²) in [5, 5.41) is 0. The first-order valence-electron chi connectivity index (χ1n) is 5.44. The van der Waals surface area contributed by atoms with Gasteiger partial charge in [-0.3, -0.25) is 0 Å². The van der Waals surface area contributed by atoms with Crippen molar-refractivity contribution < 1.29 is 13.6 Å². The molecule has 0 fully saturated rings. The first-order valence-corrected chi connectivity index (χ1v) is 8.52. The molecule has 0 saturated carbocycles. The van der Waals surface area contributed by atoms with Crippen molar-refractivity contribution in [3.05, 3.63) is 12.7 Å². The van der Waals surface area contributed by atoms with Crippen molar-refractivity contribution in [2.45, 2.75) is 44.8 Å². The monoisotopic (exact) mass is 232 g/mol. The average molecular weight is 232 g/mol. The molecular formula is C11H21FO2Si. The Hall–Kier alpha value is -0.643. The molecule has 0 N–H and O–H groups in total. The van der Waals surface area contributed by atoms with E-state index in [-0.39, 0.29) is 5.97 Å². The minimum absolute atomic E-state index is 0.368. The fraction of sp³-hybridized carbons (Fsp3) is 0.727. The van der Waals surface area contributed by atoms with Gasteiger partial charge in [-0.15, -0.1) is 0 Å². The van der Waals surface area contributed by atoms with Crippen LogP contribution in [0.5, 0.6) is 0 Å². The number of carbonyl (C=O) groups excluding carboxylic acids is 1. The van der Waals surface area contributed by atoms with Crippen LogP contribution in [0.2, 0.25) is 19.1 Å². The third-order valence-corrected chi connectivity index (χ3v) is 3.62. The molecule has 4 heteroatoms. The normalized spacial score (nSPS) is 11.1. The fourth-order valence-electron chi connectivity index (χ4n) is 1.23. The van der Waals surface area contributed by atoms with Gasteiger partial charge in [-0.05, 0) is 25.6 Å². The predicted octanol–water partition coefficient (Wildman–Crippen LogP) is 3.45. The van der Waals surface area contributed by atoms with Gasteiger partial charge in [0.1, 0.15) is 0 Å². The molecule has 0 saturated heterocycles. The maximum absolute atomic E-state index is 13.2. The molecule has 0 aliphatic carbocycles. The highest BCUT2D eigenvalue weighted by molar-refractivity contribution is 6.70. The Kier molecular flexibility index (Phi) is 7.30. The van der Waals surface area contributed by atoms with Crippen LogP contribution >= 0.6 is 0 Å². The molecule has 2 nitrogen and oxygen atoms in total. The average Bonchev–Trinajstić information content (AvgIpc) is 2.14. The SMILES string of the molecule is C=CC(=O)OCCCCCC[Si](C)(C)F. The lowest BCUT2D eigenvalue weighted by molar-refractivity contribution is -0.137. The number of rotatable bonds is 8. The maximum Gasteiger partial charge on any atom is 0.330 e. The van der Waals surface area contributed by atoms with E-state index in [0.29, 0.717) is 6.61 Å². The molecule has 0 heterocycles. The van der Waals surface area contributed by atoms with Crippen LogP contribution in [0.4, 0.5) is 4.11 Å². The Labute approximate surface area is 92.7 Å². The number of carbonyl (C=O) groups is 1. The van der Waals surface area contributed by atoms with E-state index < -0.39 is 8.41 Å². The van der Waals surface area contributed by atoms with Crippen LogP contribution in [0.25, 0.3) is 0 Å². The van der Waals surface area contributed by atoms with Crippen LogP contribution in [0.15, 0.2) is 12.7 Å². The summed E-state index contributed by atoms with van der Waals surface area (Å²) in [6.07, 6.45) is 4.98. The van der Waals surface area contributed by atoms with Gasteiger partial charge in [0.15, 0.2) is 0 Å². The van der Waals surface area contributed by atoms with Crippen molar-refractivity contribution in [2.24, 2.45) is 0 Å². The Balaban J connectivity index is 3.19. The summed E-state index contributed by atoms with van der Waals surface area (Å²) >= 11 is 0. The van der Waals surface area contributed by atoms with Crippen LogP contribution < -0.4 is 0 Å². The van der Waals surface area contributed by atoms with E-state index in [4.69, 9.17) is 4.74 Å². The van der Waals surface area contributed by atoms with Crippen molar-refractivity contribution in [1.82, 2.24) is 0 Å². The first kappa shape index (κ1) is 14.4. The number of esters is 1. The van der Waals surface area contributed by atoms with E-state index in [9.17, 15) is 8.90 Å². The van der Waals surface area contributed by atoms with Gasteiger partial charge in [0, 0.05) is 6.08 Å². The van der Waals surface area contributed by atoms with Gasteiger partial charge in [-0.2, -0.15) is 0 Å². The second kappa shape index (κ2) is 7.62. The molecule has 88 valence electrons. The van der Waals surface area contributed by atoms with Crippen molar-refractivity contribution in [3.63, 3.8) is 0 Å². The molecule has 0 bridgehead atoms. The zero-order valence-corrected chi connectivity index (χ0v) is 10.7.